The maximum atomic E-state index is 12.2. The van der Waals surface area contributed by atoms with E-state index in [1.54, 1.807) is 18.2 Å². The van der Waals surface area contributed by atoms with Crippen molar-refractivity contribution in [3.05, 3.63) is 29.8 Å². The fraction of sp³-hybridized carbons (Fsp3) is 0.308. The van der Waals surface area contributed by atoms with Crippen molar-refractivity contribution in [2.45, 2.75) is 12.3 Å². The summed E-state index contributed by atoms with van der Waals surface area (Å²) in [5, 5.41) is 11.3. The number of aliphatic hydroxyl groups is 1. The second-order valence-electron chi connectivity index (χ2n) is 4.09. The molecule has 1 aromatic carbocycles. The Morgan fingerprint density at radius 3 is 2.75 bits per heavy atom. The molecule has 7 heteroatoms. The number of hydrogen-bond acceptors (Lipinski definition) is 2. The van der Waals surface area contributed by atoms with Crippen LogP contribution in [0.2, 0.25) is 0 Å². The first-order valence-electron chi connectivity index (χ1n) is 5.57. The topological polar surface area (TPSA) is 52.6 Å². The highest BCUT2D eigenvalue weighted by Crippen LogP contribution is 2.20. The van der Waals surface area contributed by atoms with Crippen LogP contribution in [-0.4, -0.2) is 41.9 Å². The van der Waals surface area contributed by atoms with Crippen LogP contribution in [0.4, 0.5) is 23.7 Å². The van der Waals surface area contributed by atoms with Gasteiger partial charge in [-0.15, -0.1) is 6.42 Å². The van der Waals surface area contributed by atoms with Crippen LogP contribution in [0.25, 0.3) is 0 Å². The normalized spacial score (nSPS) is 12.4. The molecule has 0 fully saturated rings. The number of nitrogens with zero attached hydrogens (tertiary/aromatic N) is 1. The number of nitrogens with one attached hydrogen (secondary N) is 1. The van der Waals surface area contributed by atoms with Crippen LogP contribution < -0.4 is 5.32 Å². The van der Waals surface area contributed by atoms with E-state index in [1.165, 1.54) is 6.07 Å². The van der Waals surface area contributed by atoms with Gasteiger partial charge in [0.25, 0.3) is 0 Å². The van der Waals surface area contributed by atoms with E-state index in [2.05, 4.69) is 11.2 Å². The number of anilines is 1. The lowest BCUT2D eigenvalue weighted by atomic mass is 10.2. The Bertz CT molecular complexity index is 523. The van der Waals surface area contributed by atoms with Crippen LogP contribution in [0.15, 0.2) is 24.3 Å². The highest BCUT2D eigenvalue weighted by molar-refractivity contribution is 5.89. The van der Waals surface area contributed by atoms with Gasteiger partial charge in [-0.1, -0.05) is 12.0 Å². The molecule has 20 heavy (non-hydrogen) atoms. The molecule has 0 spiro atoms. The highest BCUT2D eigenvalue weighted by Gasteiger charge is 2.39. The Labute approximate surface area is 114 Å². The third kappa shape index (κ3) is 4.48. The van der Waals surface area contributed by atoms with Gasteiger partial charge < -0.3 is 15.3 Å². The zero-order chi connectivity index (χ0) is 15.3. The smallest absolute Gasteiger partial charge is 0.382 e. The summed E-state index contributed by atoms with van der Waals surface area (Å²) in [6.45, 7) is -0.857. The average Bonchev–Trinajstić information content (AvgIpc) is 2.37. The summed E-state index contributed by atoms with van der Waals surface area (Å²) in [5.41, 5.74) is 0.888. The number of halogens is 3. The summed E-state index contributed by atoms with van der Waals surface area (Å²) in [6, 6.07) is 5.53. The van der Waals surface area contributed by atoms with Crippen molar-refractivity contribution < 1.29 is 23.1 Å². The molecule has 1 unspecified atom stereocenters. The molecule has 0 saturated heterocycles. The minimum Gasteiger partial charge on any atom is -0.382 e. The summed E-state index contributed by atoms with van der Waals surface area (Å²) in [7, 11) is 1.15. The lowest BCUT2D eigenvalue weighted by molar-refractivity contribution is -0.205. The molecule has 1 atom stereocenters. The number of carbonyl (C=O) groups is 1. The van der Waals surface area contributed by atoms with Gasteiger partial charge in [-0.3, -0.25) is 0 Å². The van der Waals surface area contributed by atoms with Gasteiger partial charge in [0.15, 0.2) is 6.10 Å². The Morgan fingerprint density at radius 2 is 2.20 bits per heavy atom. The number of benzene rings is 1. The Kier molecular flexibility index (Phi) is 5.00. The van der Waals surface area contributed by atoms with E-state index in [-0.39, 0.29) is 0 Å². The minimum atomic E-state index is -4.77. The average molecular weight is 286 g/mol. The maximum Gasteiger partial charge on any atom is 0.416 e. The first-order valence-corrected chi connectivity index (χ1v) is 5.57. The fourth-order valence-corrected chi connectivity index (χ4v) is 1.35. The molecule has 0 aromatic heterocycles. The first-order chi connectivity index (χ1) is 9.24. The van der Waals surface area contributed by atoms with Crippen LogP contribution in [0.3, 0.4) is 0 Å². The summed E-state index contributed by atoms with van der Waals surface area (Å²) >= 11 is 0. The number of rotatable bonds is 3. The monoisotopic (exact) mass is 286 g/mol. The molecule has 2 amide bonds. The molecular weight excluding hydrogens is 273 g/mol. The zero-order valence-corrected chi connectivity index (χ0v) is 10.6. The molecular formula is C13H13F3N2O2. The predicted octanol–water partition coefficient (Wildman–Crippen LogP) is 2.05. The number of aliphatic hydroxyl groups excluding tert-OH is 1. The van der Waals surface area contributed by atoms with Gasteiger partial charge in [0, 0.05) is 18.3 Å². The Morgan fingerprint density at radius 1 is 1.55 bits per heavy atom. The Balaban J connectivity index is 2.64. The number of carbonyl (C=O) groups excluding carboxylic acids is 1. The van der Waals surface area contributed by atoms with Gasteiger partial charge in [0.1, 0.15) is 0 Å². The van der Waals surface area contributed by atoms with Crippen LogP contribution >= 0.6 is 0 Å². The van der Waals surface area contributed by atoms with E-state index < -0.39 is 24.9 Å². The number of urea groups is 1. The van der Waals surface area contributed by atoms with Gasteiger partial charge >= 0.3 is 12.2 Å². The molecule has 4 nitrogen and oxygen atoms in total. The van der Waals surface area contributed by atoms with Gasteiger partial charge in [-0.2, -0.15) is 13.2 Å². The van der Waals surface area contributed by atoms with E-state index in [0.29, 0.717) is 11.3 Å². The van der Waals surface area contributed by atoms with Crippen molar-refractivity contribution in [3.63, 3.8) is 0 Å². The van der Waals surface area contributed by atoms with Crippen LogP contribution in [0.1, 0.15) is 5.56 Å². The van der Waals surface area contributed by atoms with E-state index in [0.717, 1.165) is 11.9 Å². The molecule has 0 aliphatic rings. The van der Waals surface area contributed by atoms with Crippen molar-refractivity contribution in [2.75, 3.05) is 18.9 Å². The molecule has 0 radical (unpaired) electrons. The van der Waals surface area contributed by atoms with Crippen molar-refractivity contribution in [1.82, 2.24) is 4.90 Å². The SMILES string of the molecule is C#Cc1cccc(NC(=O)N(C)CC(O)C(F)(F)F)c1. The van der Waals surface area contributed by atoms with Crippen molar-refractivity contribution in [3.8, 4) is 12.3 Å². The summed E-state index contributed by atoms with van der Waals surface area (Å²) in [6.07, 6.45) is -2.16. The molecule has 0 aliphatic heterocycles. The Hall–Kier alpha value is -2.20. The van der Waals surface area contributed by atoms with Crippen LogP contribution in [0, 0.1) is 12.3 Å². The number of hydrogen-bond donors (Lipinski definition) is 2. The molecule has 0 aliphatic carbocycles. The lowest BCUT2D eigenvalue weighted by Crippen LogP contribution is -2.43. The number of terminal acetylenes is 1. The largest absolute Gasteiger partial charge is 0.416 e. The number of likely N-dealkylation sites (N-methyl/N-ethyl adjacent to an activating group) is 1. The predicted molar refractivity (Wildman–Crippen MR) is 68.1 cm³/mol. The molecule has 1 rings (SSSR count). The highest BCUT2D eigenvalue weighted by atomic mass is 19.4. The van der Waals surface area contributed by atoms with Gasteiger partial charge in [0.2, 0.25) is 0 Å². The van der Waals surface area contributed by atoms with Crippen molar-refractivity contribution in [1.29, 1.82) is 0 Å². The van der Waals surface area contributed by atoms with E-state index in [4.69, 9.17) is 11.5 Å². The van der Waals surface area contributed by atoms with Crippen molar-refractivity contribution in [2.24, 2.45) is 0 Å². The standard InChI is InChI=1S/C13H13F3N2O2/c1-3-9-5-4-6-10(7-9)17-12(20)18(2)8-11(19)13(14,15)16/h1,4-7,11,19H,8H2,2H3,(H,17,20). The fourth-order valence-electron chi connectivity index (χ4n) is 1.35. The molecule has 1 aromatic rings. The molecule has 2 N–H and O–H groups in total. The molecule has 0 heterocycles. The summed E-state index contributed by atoms with van der Waals surface area (Å²) < 4.78 is 36.5. The zero-order valence-electron chi connectivity index (χ0n) is 10.6. The third-order valence-corrected chi connectivity index (χ3v) is 2.45. The van der Waals surface area contributed by atoms with Crippen molar-refractivity contribution >= 4 is 11.7 Å². The minimum absolute atomic E-state index is 0.360. The third-order valence-electron chi connectivity index (χ3n) is 2.45. The summed E-state index contributed by atoms with van der Waals surface area (Å²) in [5.74, 6) is 2.37. The maximum absolute atomic E-state index is 12.2. The number of alkyl halides is 3. The molecule has 0 saturated carbocycles. The van der Waals surface area contributed by atoms with Gasteiger partial charge in [-0.05, 0) is 18.2 Å². The number of amides is 2. The first kappa shape index (κ1) is 15.9. The summed E-state index contributed by atoms with van der Waals surface area (Å²) in [4.78, 5) is 12.4. The lowest BCUT2D eigenvalue weighted by Gasteiger charge is -2.22. The second-order valence-corrected chi connectivity index (χ2v) is 4.09. The molecule has 108 valence electrons. The van der Waals surface area contributed by atoms with E-state index in [9.17, 15) is 18.0 Å². The van der Waals surface area contributed by atoms with Gasteiger partial charge in [-0.25, -0.2) is 4.79 Å². The molecule has 0 bridgehead atoms. The van der Waals surface area contributed by atoms with Gasteiger partial charge in [0.05, 0.1) is 6.54 Å². The van der Waals surface area contributed by atoms with E-state index >= 15 is 0 Å². The van der Waals surface area contributed by atoms with Crippen LogP contribution in [-0.2, 0) is 0 Å². The van der Waals surface area contributed by atoms with E-state index in [1.807, 2.05) is 0 Å². The van der Waals surface area contributed by atoms with Crippen LogP contribution in [0.5, 0.6) is 0 Å². The second kappa shape index (κ2) is 6.30. The quantitative estimate of drug-likeness (QED) is 0.836.